The highest BCUT2D eigenvalue weighted by Gasteiger charge is 2.21. The van der Waals surface area contributed by atoms with Gasteiger partial charge in [0.05, 0.1) is 4.91 Å². The number of hydrogen-bond donors (Lipinski definition) is 2. The van der Waals surface area contributed by atoms with Crippen LogP contribution in [0.2, 0.25) is 0 Å². The van der Waals surface area contributed by atoms with Gasteiger partial charge in [-0.3, -0.25) is 0 Å². The van der Waals surface area contributed by atoms with Crippen molar-refractivity contribution in [3.05, 3.63) is 11.0 Å². The third-order valence-electron chi connectivity index (χ3n) is 1.22. The number of rotatable bonds is 2. The molecule has 6 heteroatoms. The molecule has 0 aromatic rings. The average molecular weight is 175 g/mol. The summed E-state index contributed by atoms with van der Waals surface area (Å²) in [5, 5.41) is 2.71. The smallest absolute Gasteiger partial charge is 0.281 e. The van der Waals surface area contributed by atoms with Crippen molar-refractivity contribution >= 4 is 15.9 Å². The van der Waals surface area contributed by atoms with Gasteiger partial charge in [-0.2, -0.15) is 8.42 Å². The molecule has 0 aromatic carbocycles. The predicted molar refractivity (Wildman–Crippen MR) is 42.6 cm³/mol. The molecule has 0 bridgehead atoms. The Balaban J connectivity index is 2.95. The monoisotopic (exact) mass is 175 g/mol. The molecule has 0 unspecified atom stereocenters. The molecule has 0 aromatic heterocycles. The van der Waals surface area contributed by atoms with Gasteiger partial charge in [0.25, 0.3) is 10.0 Å². The maximum atomic E-state index is 11.0. The van der Waals surface area contributed by atoms with Gasteiger partial charge in [0.2, 0.25) is 0 Å². The van der Waals surface area contributed by atoms with Crippen LogP contribution in [0.25, 0.3) is 0 Å². The number of amidine groups is 1. The molecule has 1 heterocycles. The van der Waals surface area contributed by atoms with Crippen molar-refractivity contribution in [2.75, 3.05) is 13.6 Å². The number of hydrogen-bond acceptors (Lipinski definition) is 4. The minimum Gasteiger partial charge on any atom is -0.383 e. The molecule has 11 heavy (non-hydrogen) atoms. The van der Waals surface area contributed by atoms with E-state index in [1.54, 1.807) is 7.05 Å². The van der Waals surface area contributed by atoms with Crippen LogP contribution in [0.1, 0.15) is 0 Å². The first-order valence-electron chi connectivity index (χ1n) is 3.02. The van der Waals surface area contributed by atoms with E-state index in [4.69, 9.17) is 5.73 Å². The van der Waals surface area contributed by atoms with E-state index in [9.17, 15) is 8.42 Å². The standard InChI is InChI=1S/C5H9N3O2S/c1-7-3-4-2-5(6)8-11(4,9)10/h2,7H,3H2,1H3,(H2,6,8). The fourth-order valence-electron chi connectivity index (χ4n) is 0.780. The fraction of sp³-hybridized carbons (Fsp3) is 0.400. The van der Waals surface area contributed by atoms with Crippen LogP contribution in [-0.2, 0) is 10.0 Å². The van der Waals surface area contributed by atoms with Crippen molar-refractivity contribution in [1.29, 1.82) is 0 Å². The molecular formula is C5H9N3O2S. The lowest BCUT2D eigenvalue weighted by atomic mass is 10.4. The van der Waals surface area contributed by atoms with E-state index in [1.807, 2.05) is 0 Å². The van der Waals surface area contributed by atoms with E-state index < -0.39 is 10.0 Å². The number of nitrogens with zero attached hydrogens (tertiary/aromatic N) is 1. The summed E-state index contributed by atoms with van der Waals surface area (Å²) >= 11 is 0. The summed E-state index contributed by atoms with van der Waals surface area (Å²) in [5.74, 6) is 0.0512. The number of likely N-dealkylation sites (N-methyl/N-ethyl adjacent to an activating group) is 1. The molecule has 62 valence electrons. The first-order chi connectivity index (χ1) is 5.06. The van der Waals surface area contributed by atoms with Crippen molar-refractivity contribution in [1.82, 2.24) is 5.32 Å². The molecule has 1 aliphatic heterocycles. The van der Waals surface area contributed by atoms with E-state index in [0.29, 0.717) is 0 Å². The van der Waals surface area contributed by atoms with E-state index in [0.717, 1.165) is 0 Å². The Morgan fingerprint density at radius 2 is 2.36 bits per heavy atom. The summed E-state index contributed by atoms with van der Waals surface area (Å²) in [6.07, 6.45) is 1.35. The Morgan fingerprint density at radius 1 is 1.73 bits per heavy atom. The lowest BCUT2D eigenvalue weighted by Gasteiger charge is -1.96. The molecule has 0 saturated heterocycles. The highest BCUT2D eigenvalue weighted by Crippen LogP contribution is 2.13. The van der Waals surface area contributed by atoms with E-state index in [2.05, 4.69) is 9.71 Å². The third kappa shape index (κ3) is 1.58. The van der Waals surface area contributed by atoms with Crippen LogP contribution in [0.5, 0.6) is 0 Å². The largest absolute Gasteiger partial charge is 0.383 e. The lowest BCUT2D eigenvalue weighted by molar-refractivity contribution is 0.603. The van der Waals surface area contributed by atoms with Crippen molar-refractivity contribution in [2.45, 2.75) is 0 Å². The Kier molecular flexibility index (Phi) is 1.97. The van der Waals surface area contributed by atoms with Crippen LogP contribution < -0.4 is 11.1 Å². The summed E-state index contributed by atoms with van der Waals surface area (Å²) in [6.45, 7) is 0.270. The normalized spacial score (nSPS) is 21.2. The predicted octanol–water partition coefficient (Wildman–Crippen LogP) is -1.21. The van der Waals surface area contributed by atoms with Crippen LogP contribution in [0.15, 0.2) is 15.4 Å². The molecule has 0 atom stereocenters. The molecule has 0 amide bonds. The van der Waals surface area contributed by atoms with Gasteiger partial charge in [-0.05, 0) is 13.1 Å². The zero-order valence-corrected chi connectivity index (χ0v) is 6.85. The topological polar surface area (TPSA) is 84.5 Å². The van der Waals surface area contributed by atoms with Gasteiger partial charge in [-0.25, -0.2) is 0 Å². The molecule has 5 nitrogen and oxygen atoms in total. The maximum Gasteiger partial charge on any atom is 0.281 e. The van der Waals surface area contributed by atoms with Crippen molar-refractivity contribution in [3.8, 4) is 0 Å². The molecule has 0 spiro atoms. The van der Waals surface area contributed by atoms with Gasteiger partial charge in [0.1, 0.15) is 5.84 Å². The van der Waals surface area contributed by atoms with Crippen molar-refractivity contribution < 1.29 is 8.42 Å². The zero-order valence-electron chi connectivity index (χ0n) is 6.03. The second-order valence-electron chi connectivity index (χ2n) is 2.13. The highest BCUT2D eigenvalue weighted by molar-refractivity contribution is 7.94. The second kappa shape index (κ2) is 2.63. The maximum absolute atomic E-state index is 11.0. The first-order valence-corrected chi connectivity index (χ1v) is 4.46. The van der Waals surface area contributed by atoms with Crippen molar-refractivity contribution in [2.24, 2.45) is 10.1 Å². The summed E-state index contributed by atoms with van der Waals surface area (Å²) in [5.41, 5.74) is 5.20. The molecule has 1 aliphatic rings. The Hall–Kier alpha value is -0.880. The molecule has 3 N–H and O–H groups in total. The SMILES string of the molecule is CNCC1=CC(N)=NS1(=O)=O. The summed E-state index contributed by atoms with van der Waals surface area (Å²) in [7, 11) is -1.78. The van der Waals surface area contributed by atoms with Gasteiger partial charge < -0.3 is 11.1 Å². The van der Waals surface area contributed by atoms with E-state index in [-0.39, 0.29) is 17.3 Å². The lowest BCUT2D eigenvalue weighted by Crippen LogP contribution is -2.14. The van der Waals surface area contributed by atoms with Gasteiger partial charge in [-0.15, -0.1) is 4.40 Å². The molecule has 0 radical (unpaired) electrons. The van der Waals surface area contributed by atoms with Gasteiger partial charge in [0, 0.05) is 6.54 Å². The summed E-state index contributed by atoms with van der Waals surface area (Å²) < 4.78 is 25.2. The molecule has 0 fully saturated rings. The zero-order chi connectivity index (χ0) is 8.48. The van der Waals surface area contributed by atoms with E-state index >= 15 is 0 Å². The average Bonchev–Trinajstić information content (AvgIpc) is 2.07. The Bertz CT molecular complexity index is 315. The van der Waals surface area contributed by atoms with E-state index in [1.165, 1.54) is 6.08 Å². The number of sulfonamides is 1. The van der Waals surface area contributed by atoms with Crippen LogP contribution in [0, 0.1) is 0 Å². The Labute approximate surface area is 65.0 Å². The van der Waals surface area contributed by atoms with Crippen LogP contribution in [0.3, 0.4) is 0 Å². The Morgan fingerprint density at radius 3 is 2.73 bits per heavy atom. The quantitative estimate of drug-likeness (QED) is 0.551. The molecule has 0 saturated carbocycles. The first kappa shape index (κ1) is 8.22. The number of nitrogens with one attached hydrogen (secondary N) is 1. The minimum absolute atomic E-state index is 0.0512. The highest BCUT2D eigenvalue weighted by atomic mass is 32.2. The summed E-state index contributed by atoms with van der Waals surface area (Å²) in [4.78, 5) is 0.220. The number of nitrogens with two attached hydrogens (primary N) is 1. The van der Waals surface area contributed by atoms with Gasteiger partial charge >= 0.3 is 0 Å². The van der Waals surface area contributed by atoms with Crippen LogP contribution >= 0.6 is 0 Å². The molecule has 0 aliphatic carbocycles. The van der Waals surface area contributed by atoms with Crippen molar-refractivity contribution in [3.63, 3.8) is 0 Å². The third-order valence-corrected chi connectivity index (χ3v) is 2.59. The fourth-order valence-corrected chi connectivity index (χ4v) is 1.82. The van der Waals surface area contributed by atoms with Gasteiger partial charge in [-0.1, -0.05) is 0 Å². The van der Waals surface area contributed by atoms with Gasteiger partial charge in [0.15, 0.2) is 0 Å². The van der Waals surface area contributed by atoms with Crippen LogP contribution in [-0.4, -0.2) is 27.8 Å². The summed E-state index contributed by atoms with van der Waals surface area (Å²) in [6, 6.07) is 0. The molecule has 1 rings (SSSR count). The molecular weight excluding hydrogens is 166 g/mol. The minimum atomic E-state index is -3.44. The second-order valence-corrected chi connectivity index (χ2v) is 3.79. The van der Waals surface area contributed by atoms with Crippen LogP contribution in [0.4, 0.5) is 0 Å².